The van der Waals surface area contributed by atoms with Crippen molar-refractivity contribution >= 4 is 11.5 Å². The maximum Gasteiger partial charge on any atom is 0.142 e. The summed E-state index contributed by atoms with van der Waals surface area (Å²) >= 11 is 1.53. The molecule has 0 amide bonds. The van der Waals surface area contributed by atoms with Crippen LogP contribution in [0.4, 0.5) is 0 Å². The van der Waals surface area contributed by atoms with Crippen LogP contribution in [-0.2, 0) is 12.8 Å². The Labute approximate surface area is 83.8 Å². The first-order chi connectivity index (χ1) is 6.30. The van der Waals surface area contributed by atoms with Crippen LogP contribution in [0.1, 0.15) is 31.1 Å². The van der Waals surface area contributed by atoms with E-state index in [-0.39, 0.29) is 0 Å². The van der Waals surface area contributed by atoms with Crippen LogP contribution in [-0.4, -0.2) is 22.4 Å². The second kappa shape index (κ2) is 5.29. The van der Waals surface area contributed by atoms with E-state index < -0.39 is 0 Å². The lowest BCUT2D eigenvalue weighted by atomic mass is 10.2. The number of likely N-dealkylation sites (N-methyl/N-ethyl adjacent to an activating group) is 1. The van der Waals surface area contributed by atoms with Gasteiger partial charge < -0.3 is 5.32 Å². The number of hydrogen-bond acceptors (Lipinski definition) is 4. The SMILES string of the molecule is CCc1nsc(CC(CC)NC)n1. The zero-order chi connectivity index (χ0) is 9.68. The molecule has 0 spiro atoms. The van der Waals surface area contributed by atoms with Gasteiger partial charge in [0, 0.05) is 18.9 Å². The van der Waals surface area contributed by atoms with E-state index in [1.165, 1.54) is 11.5 Å². The summed E-state index contributed by atoms with van der Waals surface area (Å²) in [4.78, 5) is 4.43. The van der Waals surface area contributed by atoms with E-state index in [1.807, 2.05) is 7.05 Å². The summed E-state index contributed by atoms with van der Waals surface area (Å²) < 4.78 is 4.26. The van der Waals surface area contributed by atoms with Crippen LogP contribution in [0.3, 0.4) is 0 Å². The smallest absolute Gasteiger partial charge is 0.142 e. The van der Waals surface area contributed by atoms with Crippen LogP contribution in [0.25, 0.3) is 0 Å². The van der Waals surface area contributed by atoms with Crippen LogP contribution in [0.5, 0.6) is 0 Å². The van der Waals surface area contributed by atoms with Crippen molar-refractivity contribution in [3.63, 3.8) is 0 Å². The monoisotopic (exact) mass is 199 g/mol. The van der Waals surface area contributed by atoms with Gasteiger partial charge in [-0.1, -0.05) is 13.8 Å². The molecule has 1 atom stereocenters. The summed E-state index contributed by atoms with van der Waals surface area (Å²) in [6, 6.07) is 0.539. The standard InChI is InChI=1S/C9H17N3S/c1-4-7(10-3)6-9-11-8(5-2)12-13-9/h7,10H,4-6H2,1-3H3. The van der Waals surface area contributed by atoms with Crippen LogP contribution in [0.2, 0.25) is 0 Å². The summed E-state index contributed by atoms with van der Waals surface area (Å²) in [6.45, 7) is 4.27. The fourth-order valence-electron chi connectivity index (χ4n) is 1.18. The molecule has 0 fully saturated rings. The fraction of sp³-hybridized carbons (Fsp3) is 0.778. The van der Waals surface area contributed by atoms with E-state index in [0.29, 0.717) is 6.04 Å². The first-order valence-electron chi connectivity index (χ1n) is 4.78. The zero-order valence-corrected chi connectivity index (χ0v) is 9.32. The first kappa shape index (κ1) is 10.6. The minimum Gasteiger partial charge on any atom is -0.317 e. The molecule has 4 heteroatoms. The van der Waals surface area contributed by atoms with Crippen LogP contribution in [0.15, 0.2) is 0 Å². The summed E-state index contributed by atoms with van der Waals surface area (Å²) in [6.07, 6.45) is 3.08. The lowest BCUT2D eigenvalue weighted by Crippen LogP contribution is -2.26. The zero-order valence-electron chi connectivity index (χ0n) is 8.50. The normalized spacial score (nSPS) is 13.2. The molecule has 0 aliphatic heterocycles. The summed E-state index contributed by atoms with van der Waals surface area (Å²) in [5, 5.41) is 4.42. The Morgan fingerprint density at radius 3 is 2.69 bits per heavy atom. The second-order valence-corrected chi connectivity index (χ2v) is 3.89. The number of hydrogen-bond donors (Lipinski definition) is 1. The van der Waals surface area contributed by atoms with Gasteiger partial charge >= 0.3 is 0 Å². The molecule has 1 unspecified atom stereocenters. The Balaban J connectivity index is 2.52. The van der Waals surface area contributed by atoms with Gasteiger partial charge in [-0.3, -0.25) is 0 Å². The molecule has 0 aliphatic carbocycles. The molecule has 1 N–H and O–H groups in total. The minimum absolute atomic E-state index is 0.539. The molecule has 0 saturated heterocycles. The third-order valence-electron chi connectivity index (χ3n) is 2.15. The van der Waals surface area contributed by atoms with E-state index in [2.05, 4.69) is 28.5 Å². The van der Waals surface area contributed by atoms with Crippen LogP contribution >= 0.6 is 11.5 Å². The topological polar surface area (TPSA) is 37.8 Å². The third-order valence-corrected chi connectivity index (χ3v) is 2.92. The van der Waals surface area contributed by atoms with Crippen molar-refractivity contribution in [2.24, 2.45) is 0 Å². The largest absolute Gasteiger partial charge is 0.317 e. The predicted molar refractivity (Wildman–Crippen MR) is 56.1 cm³/mol. The van der Waals surface area contributed by atoms with Gasteiger partial charge in [-0.2, -0.15) is 4.37 Å². The molecule has 1 aromatic rings. The highest BCUT2D eigenvalue weighted by molar-refractivity contribution is 7.05. The highest BCUT2D eigenvalue weighted by Gasteiger charge is 2.08. The van der Waals surface area contributed by atoms with Gasteiger partial charge in [-0.25, -0.2) is 4.98 Å². The van der Waals surface area contributed by atoms with Gasteiger partial charge in [0.15, 0.2) is 0 Å². The number of nitrogens with zero attached hydrogens (tertiary/aromatic N) is 2. The highest BCUT2D eigenvalue weighted by atomic mass is 32.1. The van der Waals surface area contributed by atoms with E-state index >= 15 is 0 Å². The summed E-state index contributed by atoms with van der Waals surface area (Å²) in [5.41, 5.74) is 0. The van der Waals surface area contributed by atoms with Crippen molar-refractivity contribution < 1.29 is 0 Å². The minimum atomic E-state index is 0.539. The molecule has 13 heavy (non-hydrogen) atoms. The molecule has 3 nitrogen and oxygen atoms in total. The quantitative estimate of drug-likeness (QED) is 0.783. The summed E-state index contributed by atoms with van der Waals surface area (Å²) in [5.74, 6) is 0.978. The Morgan fingerprint density at radius 1 is 1.46 bits per heavy atom. The maximum atomic E-state index is 4.43. The maximum absolute atomic E-state index is 4.43. The molecular weight excluding hydrogens is 182 g/mol. The van der Waals surface area contributed by atoms with Crippen molar-refractivity contribution in [1.29, 1.82) is 0 Å². The molecule has 0 bridgehead atoms. The van der Waals surface area contributed by atoms with E-state index in [0.717, 1.165) is 30.1 Å². The van der Waals surface area contributed by atoms with Gasteiger partial charge in [0.05, 0.1) is 0 Å². The third kappa shape index (κ3) is 3.04. The van der Waals surface area contributed by atoms with Gasteiger partial charge in [0.1, 0.15) is 10.8 Å². The van der Waals surface area contributed by atoms with Gasteiger partial charge in [0.2, 0.25) is 0 Å². The first-order valence-corrected chi connectivity index (χ1v) is 5.56. The second-order valence-electron chi connectivity index (χ2n) is 3.06. The van der Waals surface area contributed by atoms with E-state index in [4.69, 9.17) is 0 Å². The number of rotatable bonds is 5. The number of nitrogens with one attached hydrogen (secondary N) is 1. The van der Waals surface area contributed by atoms with Crippen molar-refractivity contribution in [3.05, 3.63) is 10.8 Å². The average molecular weight is 199 g/mol. The van der Waals surface area contributed by atoms with Gasteiger partial charge in [0.25, 0.3) is 0 Å². The summed E-state index contributed by atoms with van der Waals surface area (Å²) in [7, 11) is 2.00. The molecule has 0 aromatic carbocycles. The molecule has 1 heterocycles. The molecule has 1 rings (SSSR count). The highest BCUT2D eigenvalue weighted by Crippen LogP contribution is 2.09. The Kier molecular flexibility index (Phi) is 4.32. The molecule has 0 saturated carbocycles. The number of aromatic nitrogens is 2. The van der Waals surface area contributed by atoms with Crippen molar-refractivity contribution in [2.75, 3.05) is 7.05 Å². The van der Waals surface area contributed by atoms with Crippen LogP contribution < -0.4 is 5.32 Å². The number of aryl methyl sites for hydroxylation is 1. The molecular formula is C9H17N3S. The van der Waals surface area contributed by atoms with Crippen molar-refractivity contribution in [1.82, 2.24) is 14.7 Å². The van der Waals surface area contributed by atoms with Gasteiger partial charge in [-0.15, -0.1) is 0 Å². The lowest BCUT2D eigenvalue weighted by molar-refractivity contribution is 0.541. The Hall–Kier alpha value is -0.480. The average Bonchev–Trinajstić information content (AvgIpc) is 2.61. The van der Waals surface area contributed by atoms with E-state index in [9.17, 15) is 0 Å². The molecule has 0 radical (unpaired) electrons. The Morgan fingerprint density at radius 2 is 2.23 bits per heavy atom. The van der Waals surface area contributed by atoms with Crippen molar-refractivity contribution in [2.45, 2.75) is 39.2 Å². The Bertz CT molecular complexity index is 243. The predicted octanol–water partition coefficient (Wildman–Crippen LogP) is 1.64. The molecule has 0 aliphatic rings. The molecule has 1 aromatic heterocycles. The van der Waals surface area contributed by atoms with Crippen molar-refractivity contribution in [3.8, 4) is 0 Å². The van der Waals surface area contributed by atoms with Crippen LogP contribution in [0, 0.1) is 0 Å². The molecule has 74 valence electrons. The van der Waals surface area contributed by atoms with E-state index in [1.54, 1.807) is 0 Å². The van der Waals surface area contributed by atoms with Gasteiger partial charge in [-0.05, 0) is 25.0 Å². The fourth-order valence-corrected chi connectivity index (χ4v) is 1.98. The lowest BCUT2D eigenvalue weighted by Gasteiger charge is -2.10.